The van der Waals surface area contributed by atoms with Crippen molar-refractivity contribution in [3.63, 3.8) is 0 Å². The first-order valence-corrected chi connectivity index (χ1v) is 8.47. The van der Waals surface area contributed by atoms with E-state index in [1.807, 2.05) is 6.07 Å². The minimum Gasteiger partial charge on any atom is -0.363 e. The van der Waals surface area contributed by atoms with E-state index in [4.69, 9.17) is 5.73 Å². The number of ketones is 1. The lowest BCUT2D eigenvalue weighted by atomic mass is 10.0. The summed E-state index contributed by atoms with van der Waals surface area (Å²) in [6, 6.07) is 9.56. The number of nitrogens with one attached hydrogen (secondary N) is 1. The number of nitrogens with zero attached hydrogens (tertiary/aromatic N) is 4. The first-order valence-electron chi connectivity index (χ1n) is 8.47. The van der Waals surface area contributed by atoms with Crippen molar-refractivity contribution in [2.24, 2.45) is 5.73 Å². The van der Waals surface area contributed by atoms with E-state index in [9.17, 15) is 14.4 Å². The van der Waals surface area contributed by atoms with Crippen LogP contribution in [0.2, 0.25) is 0 Å². The first-order chi connectivity index (χ1) is 13.5. The van der Waals surface area contributed by atoms with Crippen LogP contribution in [0.15, 0.2) is 55.0 Å². The molecule has 0 radical (unpaired) electrons. The van der Waals surface area contributed by atoms with E-state index in [2.05, 4.69) is 20.3 Å². The number of rotatable bonds is 7. The van der Waals surface area contributed by atoms with Crippen LogP contribution in [0.5, 0.6) is 0 Å². The Morgan fingerprint density at radius 2 is 1.75 bits per heavy atom. The van der Waals surface area contributed by atoms with Crippen LogP contribution < -0.4 is 11.1 Å². The van der Waals surface area contributed by atoms with Gasteiger partial charge in [-0.15, -0.1) is 0 Å². The highest BCUT2D eigenvalue weighted by atomic mass is 16.2. The zero-order chi connectivity index (χ0) is 20.1. The Balaban J connectivity index is 1.89. The van der Waals surface area contributed by atoms with Gasteiger partial charge in [-0.2, -0.15) is 0 Å². The Kier molecular flexibility index (Phi) is 5.54. The van der Waals surface area contributed by atoms with Crippen molar-refractivity contribution in [2.45, 2.75) is 19.4 Å². The van der Waals surface area contributed by atoms with E-state index in [1.54, 1.807) is 37.3 Å². The third kappa shape index (κ3) is 4.09. The summed E-state index contributed by atoms with van der Waals surface area (Å²) in [5, 5.41) is 2.58. The molecule has 0 saturated heterocycles. The van der Waals surface area contributed by atoms with Crippen molar-refractivity contribution in [1.29, 1.82) is 0 Å². The van der Waals surface area contributed by atoms with Crippen LogP contribution in [0.25, 0.3) is 5.95 Å². The summed E-state index contributed by atoms with van der Waals surface area (Å²) in [4.78, 5) is 48.9. The van der Waals surface area contributed by atoms with E-state index in [0.717, 1.165) is 5.56 Å². The molecule has 1 aromatic carbocycles. The smallest absolute Gasteiger partial charge is 0.287 e. The number of Topliss-reactive ketones (excluding diaryl/α,β-unsaturated/α-hetero) is 1. The molecule has 2 amide bonds. The molecule has 3 aromatic rings. The molecule has 3 N–H and O–H groups in total. The van der Waals surface area contributed by atoms with Crippen LogP contribution in [-0.2, 0) is 16.0 Å². The van der Waals surface area contributed by atoms with Crippen LogP contribution in [0.1, 0.15) is 21.9 Å². The van der Waals surface area contributed by atoms with Crippen LogP contribution in [0.3, 0.4) is 0 Å². The minimum atomic E-state index is -1.11. The highest BCUT2D eigenvalue weighted by molar-refractivity contribution is 6.38. The highest BCUT2D eigenvalue weighted by Gasteiger charge is 2.27. The fourth-order valence-electron chi connectivity index (χ4n) is 2.73. The molecule has 9 heteroatoms. The zero-order valence-corrected chi connectivity index (χ0v) is 15.1. The Morgan fingerprint density at radius 3 is 2.39 bits per heavy atom. The Bertz CT molecular complexity index is 1000. The minimum absolute atomic E-state index is 0.128. The molecule has 0 spiro atoms. The van der Waals surface area contributed by atoms with E-state index >= 15 is 0 Å². The first kappa shape index (κ1) is 18.9. The molecule has 2 aromatic heterocycles. The molecule has 1 unspecified atom stereocenters. The molecular weight excluding hydrogens is 360 g/mol. The third-order valence-corrected chi connectivity index (χ3v) is 4.07. The Morgan fingerprint density at radius 1 is 1.07 bits per heavy atom. The highest BCUT2D eigenvalue weighted by Crippen LogP contribution is 2.11. The molecule has 28 heavy (non-hydrogen) atoms. The molecule has 1 atom stereocenters. The molecule has 0 aliphatic rings. The largest absolute Gasteiger partial charge is 0.363 e. The van der Waals surface area contributed by atoms with Gasteiger partial charge in [0.1, 0.15) is 17.6 Å². The quantitative estimate of drug-likeness (QED) is 0.571. The lowest BCUT2D eigenvalue weighted by molar-refractivity contribution is -0.137. The number of amides is 2. The summed E-state index contributed by atoms with van der Waals surface area (Å²) < 4.78 is 1.46. The van der Waals surface area contributed by atoms with Crippen molar-refractivity contribution in [3.8, 4) is 5.95 Å². The van der Waals surface area contributed by atoms with Crippen molar-refractivity contribution < 1.29 is 14.4 Å². The topological polar surface area (TPSA) is 133 Å². The molecule has 9 nitrogen and oxygen atoms in total. The molecule has 3 rings (SSSR count). The maximum Gasteiger partial charge on any atom is 0.287 e. The molecule has 0 bridgehead atoms. The molecule has 2 heterocycles. The molecule has 0 aliphatic heterocycles. The number of benzene rings is 1. The number of nitrogens with two attached hydrogens (primary N) is 1. The summed E-state index contributed by atoms with van der Waals surface area (Å²) in [5.41, 5.74) is 6.07. The summed E-state index contributed by atoms with van der Waals surface area (Å²) in [6.45, 7) is 1.70. The average Bonchev–Trinajstić information content (AvgIpc) is 3.09. The maximum absolute atomic E-state index is 12.8. The predicted molar refractivity (Wildman–Crippen MR) is 99.5 cm³/mol. The van der Waals surface area contributed by atoms with Gasteiger partial charge in [0.05, 0.1) is 6.20 Å². The standard InChI is InChI=1S/C19H18N6O3/c1-12-23-11-15(25(12)19-21-8-5-9-22-19)18(28)24-14(16(26)17(20)27)10-13-6-3-2-4-7-13/h2-9,11,14H,10H2,1H3,(H2,20,27)(H,24,28). The van der Waals surface area contributed by atoms with E-state index in [1.165, 1.54) is 23.2 Å². The fourth-order valence-corrected chi connectivity index (χ4v) is 2.73. The van der Waals surface area contributed by atoms with Gasteiger partial charge >= 0.3 is 0 Å². The fraction of sp³-hybridized carbons (Fsp3) is 0.158. The second-order valence-electron chi connectivity index (χ2n) is 6.02. The van der Waals surface area contributed by atoms with Gasteiger partial charge in [0.2, 0.25) is 11.7 Å². The van der Waals surface area contributed by atoms with Crippen molar-refractivity contribution in [3.05, 3.63) is 72.1 Å². The molecule has 142 valence electrons. The zero-order valence-electron chi connectivity index (χ0n) is 15.1. The normalized spacial score (nSPS) is 11.6. The van der Waals surface area contributed by atoms with Crippen LogP contribution >= 0.6 is 0 Å². The molecule has 0 saturated carbocycles. The monoisotopic (exact) mass is 378 g/mol. The summed E-state index contributed by atoms with van der Waals surface area (Å²) in [5.74, 6) is -1.82. The van der Waals surface area contributed by atoms with E-state index < -0.39 is 23.6 Å². The molecular formula is C19H18N6O3. The second kappa shape index (κ2) is 8.21. The number of carbonyl (C=O) groups excluding carboxylic acids is 3. The van der Waals surface area contributed by atoms with Crippen molar-refractivity contribution >= 4 is 17.6 Å². The van der Waals surface area contributed by atoms with Crippen LogP contribution in [0, 0.1) is 6.92 Å². The number of imidazole rings is 1. The number of carbonyl (C=O) groups is 3. The van der Waals surface area contributed by atoms with Crippen molar-refractivity contribution in [1.82, 2.24) is 24.8 Å². The molecule has 0 aliphatic carbocycles. The average molecular weight is 378 g/mol. The number of hydrogen-bond donors (Lipinski definition) is 2. The lowest BCUT2D eigenvalue weighted by Gasteiger charge is -2.17. The van der Waals surface area contributed by atoms with Gasteiger partial charge in [-0.25, -0.2) is 15.0 Å². The van der Waals surface area contributed by atoms with Gasteiger partial charge in [0.25, 0.3) is 11.8 Å². The summed E-state index contributed by atoms with van der Waals surface area (Å²) in [6.07, 6.45) is 4.56. The SMILES string of the molecule is Cc1ncc(C(=O)NC(Cc2ccccc2)C(=O)C(N)=O)n1-c1ncccn1. The van der Waals surface area contributed by atoms with Gasteiger partial charge in [-0.3, -0.25) is 19.0 Å². The number of hydrogen-bond acceptors (Lipinski definition) is 6. The Labute approximate surface area is 160 Å². The van der Waals surface area contributed by atoms with E-state index in [-0.39, 0.29) is 18.1 Å². The van der Waals surface area contributed by atoms with Crippen LogP contribution in [-0.4, -0.2) is 43.2 Å². The van der Waals surface area contributed by atoms with Gasteiger partial charge in [0.15, 0.2) is 0 Å². The Hall–Kier alpha value is -3.88. The van der Waals surface area contributed by atoms with E-state index in [0.29, 0.717) is 5.82 Å². The second-order valence-corrected chi connectivity index (χ2v) is 6.02. The maximum atomic E-state index is 12.8. The third-order valence-electron chi connectivity index (χ3n) is 4.07. The van der Waals surface area contributed by atoms with Gasteiger partial charge in [-0.05, 0) is 18.6 Å². The summed E-state index contributed by atoms with van der Waals surface area (Å²) >= 11 is 0. The van der Waals surface area contributed by atoms with Crippen LogP contribution in [0.4, 0.5) is 0 Å². The van der Waals surface area contributed by atoms with Gasteiger partial charge < -0.3 is 11.1 Å². The molecule has 0 fully saturated rings. The number of primary amides is 1. The lowest BCUT2D eigenvalue weighted by Crippen LogP contribution is -2.47. The summed E-state index contributed by atoms with van der Waals surface area (Å²) in [7, 11) is 0. The number of aromatic nitrogens is 4. The number of aryl methyl sites for hydroxylation is 1. The van der Waals surface area contributed by atoms with Gasteiger partial charge in [-0.1, -0.05) is 30.3 Å². The van der Waals surface area contributed by atoms with Gasteiger partial charge in [0, 0.05) is 18.8 Å². The predicted octanol–water partition coefficient (Wildman–Crippen LogP) is 0.366. The van der Waals surface area contributed by atoms with Crippen molar-refractivity contribution in [2.75, 3.05) is 0 Å².